The van der Waals surface area contributed by atoms with E-state index < -0.39 is 144 Å². The number of ketones is 2. The van der Waals surface area contributed by atoms with Gasteiger partial charge in [0.15, 0.2) is 88.0 Å². The Kier molecular flexibility index (Phi) is 13.9. The highest BCUT2D eigenvalue weighted by Gasteiger charge is 2.52. The summed E-state index contributed by atoms with van der Waals surface area (Å²) in [6, 6.07) is 12.7. The van der Waals surface area contributed by atoms with Gasteiger partial charge in [-0.3, -0.25) is 9.59 Å². The van der Waals surface area contributed by atoms with Crippen LogP contribution < -0.4 is 26.4 Å². The van der Waals surface area contributed by atoms with E-state index in [-0.39, 0.29) is 24.0 Å². The van der Waals surface area contributed by atoms with Gasteiger partial charge in [-0.15, -0.1) is 21.9 Å². The van der Waals surface area contributed by atoms with Gasteiger partial charge in [-0.05, 0) is 0 Å². The third-order valence-electron chi connectivity index (χ3n) is 9.83. The Morgan fingerprint density at radius 1 is 0.385 bits per heavy atom. The SMILES string of the molecule is CC(C)C(=O)c1cc[n+](CC(=O)c2ccccc2)cc1.Fc1c(F)c(F)c([B-](c2c(F)c(F)c(F)c(F)c2F)(c2c(F)c(F)c(F)c(F)c2F)c2c(F)c(F)c(F)c(F)c2F)c(F)c1F. The van der Waals surface area contributed by atoms with Crippen LogP contribution in [-0.4, -0.2) is 17.7 Å². The molecule has 0 amide bonds. The number of pyridine rings is 1. The molecule has 0 saturated carbocycles. The Labute approximate surface area is 350 Å². The van der Waals surface area contributed by atoms with Crippen molar-refractivity contribution in [3.05, 3.63) is 182 Å². The molecule has 0 saturated heterocycles. The normalized spacial score (nSPS) is 11.6. The second kappa shape index (κ2) is 18.4. The maximum Gasteiger partial charge on any atom is 0.227 e. The Morgan fingerprint density at radius 2 is 0.631 bits per heavy atom. The van der Waals surface area contributed by atoms with Crippen LogP contribution in [0.15, 0.2) is 54.9 Å². The molecular weight excluding hydrogens is 929 g/mol. The van der Waals surface area contributed by atoms with Gasteiger partial charge >= 0.3 is 0 Å². The van der Waals surface area contributed by atoms with Crippen molar-refractivity contribution >= 4 is 39.6 Å². The summed E-state index contributed by atoms with van der Waals surface area (Å²) in [5, 5.41) is 0. The first-order valence-electron chi connectivity index (χ1n) is 17.6. The third-order valence-corrected chi connectivity index (χ3v) is 9.83. The lowest BCUT2D eigenvalue weighted by Crippen LogP contribution is -2.81. The Morgan fingerprint density at radius 3 is 0.877 bits per heavy atom. The van der Waals surface area contributed by atoms with Crippen molar-refractivity contribution in [2.24, 2.45) is 5.92 Å². The molecule has 6 rings (SSSR count). The van der Waals surface area contributed by atoms with Crippen LogP contribution >= 0.6 is 0 Å². The number of aromatic nitrogens is 1. The summed E-state index contributed by atoms with van der Waals surface area (Å²) < 4.78 is 296. The first kappa shape index (κ1) is 49.3. The molecule has 0 radical (unpaired) electrons. The van der Waals surface area contributed by atoms with E-state index in [4.69, 9.17) is 0 Å². The first-order valence-corrected chi connectivity index (χ1v) is 17.6. The molecule has 1 aromatic heterocycles. The molecule has 0 atom stereocenters. The van der Waals surface area contributed by atoms with Crippen LogP contribution in [0.5, 0.6) is 0 Å². The van der Waals surface area contributed by atoms with Gasteiger partial charge in [-0.25, -0.2) is 87.8 Å². The predicted molar refractivity (Wildman–Crippen MR) is 186 cm³/mol. The standard InChI is InChI=1S/C24BF20.C17H18NO2/c26-5-1(6(27)14(35)21(42)13(5)34)25(2-7(28)15(36)22(43)16(37)8(2)29,3-9(30)17(38)23(44)18(39)10(3)31)4-11(32)19(40)24(45)20(41)12(4)33;1-13(2)17(20)15-8-10-18(11-9-15)12-16(19)14-6-4-3-5-7-14/h;3-11,13H,12H2,1-2H3/q-1;+1. The zero-order valence-electron chi connectivity index (χ0n) is 31.9. The van der Waals surface area contributed by atoms with Crippen molar-refractivity contribution in [3.8, 4) is 0 Å². The number of hydrogen-bond donors (Lipinski definition) is 0. The van der Waals surface area contributed by atoms with Crippen molar-refractivity contribution in [2.45, 2.75) is 20.4 Å². The second-order valence-corrected chi connectivity index (χ2v) is 13.9. The molecule has 0 aliphatic heterocycles. The van der Waals surface area contributed by atoms with Gasteiger partial charge in [-0.1, -0.05) is 44.2 Å². The van der Waals surface area contributed by atoms with Gasteiger partial charge in [0.1, 0.15) is 52.7 Å². The Bertz CT molecular complexity index is 2530. The molecule has 0 unspecified atom stereocenters. The van der Waals surface area contributed by atoms with E-state index in [2.05, 4.69) is 0 Å². The monoisotopic (exact) mass is 947 g/mol. The molecule has 0 N–H and O–H groups in total. The second-order valence-electron chi connectivity index (χ2n) is 13.9. The number of nitrogens with zero attached hydrogens (tertiary/aromatic N) is 1. The predicted octanol–water partition coefficient (Wildman–Crippen LogP) is 8.54. The van der Waals surface area contributed by atoms with Crippen LogP contribution in [0.1, 0.15) is 34.6 Å². The van der Waals surface area contributed by atoms with Crippen molar-refractivity contribution in [1.82, 2.24) is 0 Å². The third kappa shape index (κ3) is 8.06. The summed E-state index contributed by atoms with van der Waals surface area (Å²) in [7, 11) is 0. The summed E-state index contributed by atoms with van der Waals surface area (Å²) in [5.41, 5.74) is -12.9. The average molecular weight is 947 g/mol. The summed E-state index contributed by atoms with van der Waals surface area (Å²) in [6.07, 6.45) is -3.67. The molecule has 0 fully saturated rings. The van der Waals surface area contributed by atoms with Crippen LogP contribution in [-0.2, 0) is 6.54 Å². The number of carbonyl (C=O) groups is 2. The lowest BCUT2D eigenvalue weighted by Gasteiger charge is -2.44. The lowest BCUT2D eigenvalue weighted by molar-refractivity contribution is -0.683. The minimum atomic E-state index is -7.22. The molecule has 65 heavy (non-hydrogen) atoms. The molecule has 342 valence electrons. The number of benzene rings is 5. The number of rotatable bonds is 9. The fraction of sp³-hybridized carbons (Fsp3) is 0.0976. The van der Waals surface area contributed by atoms with E-state index in [1.54, 1.807) is 41.2 Å². The molecular formula is C41H18BF20NO2. The molecule has 0 aliphatic carbocycles. The maximum atomic E-state index is 15.4. The average Bonchev–Trinajstić information content (AvgIpc) is 3.29. The van der Waals surface area contributed by atoms with Crippen LogP contribution in [0.25, 0.3) is 0 Å². The van der Waals surface area contributed by atoms with Crippen molar-refractivity contribution in [2.75, 3.05) is 0 Å². The van der Waals surface area contributed by atoms with E-state index in [1.807, 2.05) is 32.0 Å². The lowest BCUT2D eigenvalue weighted by atomic mass is 9.12. The van der Waals surface area contributed by atoms with E-state index in [1.165, 1.54) is 0 Å². The summed E-state index contributed by atoms with van der Waals surface area (Å²) >= 11 is 0. The van der Waals surface area contributed by atoms with Gasteiger partial charge < -0.3 is 0 Å². The molecule has 3 nitrogen and oxygen atoms in total. The number of halogens is 20. The molecule has 6 aromatic rings. The molecule has 1 heterocycles. The number of hydrogen-bond acceptors (Lipinski definition) is 2. The molecule has 0 bridgehead atoms. The molecule has 0 aliphatic rings. The highest BCUT2D eigenvalue weighted by atomic mass is 19.2. The van der Waals surface area contributed by atoms with Crippen molar-refractivity contribution < 1.29 is 102 Å². The fourth-order valence-electron chi connectivity index (χ4n) is 6.82. The fourth-order valence-corrected chi connectivity index (χ4v) is 6.82. The minimum Gasteiger partial charge on any atom is -0.294 e. The van der Waals surface area contributed by atoms with E-state index in [0.29, 0.717) is 11.1 Å². The van der Waals surface area contributed by atoms with E-state index >= 15 is 35.1 Å². The summed E-state index contributed by atoms with van der Waals surface area (Å²) in [5.74, 6) is -71.3. The van der Waals surface area contributed by atoms with Gasteiger partial charge in [0.25, 0.3) is 0 Å². The molecule has 0 spiro atoms. The zero-order chi connectivity index (χ0) is 48.9. The highest BCUT2D eigenvalue weighted by molar-refractivity contribution is 7.20. The van der Waals surface area contributed by atoms with Crippen molar-refractivity contribution in [3.63, 3.8) is 0 Å². The number of carbonyl (C=O) groups excluding carboxylic acids is 2. The first-order chi connectivity index (χ1) is 30.3. The smallest absolute Gasteiger partial charge is 0.227 e. The van der Waals surface area contributed by atoms with Gasteiger partial charge in [0, 0.05) is 29.2 Å². The van der Waals surface area contributed by atoms with E-state index in [9.17, 15) is 62.3 Å². The van der Waals surface area contributed by atoms with Crippen LogP contribution in [0.2, 0.25) is 0 Å². The molecule has 24 heteroatoms. The Balaban J connectivity index is 0.000000330. The van der Waals surface area contributed by atoms with Crippen LogP contribution in [0.4, 0.5) is 87.8 Å². The zero-order valence-corrected chi connectivity index (χ0v) is 31.9. The highest BCUT2D eigenvalue weighted by Crippen LogP contribution is 2.31. The number of Topliss-reactive ketones (excluding diaryl/α,β-unsaturated/α-hetero) is 2. The molecule has 5 aromatic carbocycles. The summed E-state index contributed by atoms with van der Waals surface area (Å²) in [4.78, 5) is 23.9. The largest absolute Gasteiger partial charge is 0.294 e. The maximum absolute atomic E-state index is 15.4. The van der Waals surface area contributed by atoms with Gasteiger partial charge in [0.05, 0.1) is 0 Å². The summed E-state index contributed by atoms with van der Waals surface area (Å²) in [6.45, 7) is 4.03. The van der Waals surface area contributed by atoms with Gasteiger partial charge in [-0.2, -0.15) is 4.57 Å². The van der Waals surface area contributed by atoms with Gasteiger partial charge in [0.2, 0.25) is 12.3 Å². The quantitative estimate of drug-likeness (QED) is 0.0365. The topological polar surface area (TPSA) is 38.0 Å². The van der Waals surface area contributed by atoms with Crippen molar-refractivity contribution in [1.29, 1.82) is 0 Å². The van der Waals surface area contributed by atoms with Crippen LogP contribution in [0.3, 0.4) is 0 Å². The van der Waals surface area contributed by atoms with E-state index in [0.717, 1.165) is 0 Å². The minimum absolute atomic E-state index is 0.0169. The Hall–Kier alpha value is -6.75. The van der Waals surface area contributed by atoms with Crippen LogP contribution in [0, 0.1) is 122 Å².